The molecule has 0 aliphatic rings. The third kappa shape index (κ3) is 4.47. The predicted octanol–water partition coefficient (Wildman–Crippen LogP) is 6.46. The maximum absolute atomic E-state index is 10.9. The molecule has 29 heavy (non-hydrogen) atoms. The van der Waals surface area contributed by atoms with Gasteiger partial charge in [-0.15, -0.1) is 0 Å². The first-order valence-electron chi connectivity index (χ1n) is 10.0. The number of hydrogen-bond acceptors (Lipinski definition) is 3. The fourth-order valence-corrected chi connectivity index (χ4v) is 3.43. The first-order valence-corrected chi connectivity index (χ1v) is 10.0. The van der Waals surface area contributed by atoms with Crippen molar-refractivity contribution < 1.29 is 9.52 Å². The molecule has 0 spiro atoms. The minimum absolute atomic E-state index is 0.206. The van der Waals surface area contributed by atoms with Crippen LogP contribution in [0.5, 0.6) is 5.75 Å². The second-order valence-electron chi connectivity index (χ2n) is 9.82. The van der Waals surface area contributed by atoms with Crippen molar-refractivity contribution in [1.29, 1.82) is 0 Å². The van der Waals surface area contributed by atoms with Gasteiger partial charge in [0.15, 0.2) is 0 Å². The number of phenolic OH excluding ortho intramolecular Hbond substituents is 1. The van der Waals surface area contributed by atoms with Crippen molar-refractivity contribution in [1.82, 2.24) is 10.7 Å². The molecule has 0 saturated heterocycles. The number of aromatic nitrogens is 1. The molecule has 0 atom stereocenters. The lowest BCUT2D eigenvalue weighted by molar-refractivity contribution is 0.423. The second-order valence-corrected chi connectivity index (χ2v) is 9.82. The van der Waals surface area contributed by atoms with Crippen LogP contribution in [0.15, 0.2) is 40.8 Å². The van der Waals surface area contributed by atoms with Gasteiger partial charge < -0.3 is 15.3 Å². The van der Waals surface area contributed by atoms with Gasteiger partial charge in [-0.05, 0) is 47.6 Å². The van der Waals surface area contributed by atoms with Gasteiger partial charge in [-0.25, -0.2) is 4.98 Å². The van der Waals surface area contributed by atoms with Crippen LogP contribution in [0.1, 0.15) is 69.7 Å². The SMILES string of the molecule is Cc1oc(-c2cc(C(C)(C)C)c(O)c(C(C)(C)C)c2)nc1Cc1ccc([NH])cc1. The van der Waals surface area contributed by atoms with Gasteiger partial charge in [0.2, 0.25) is 5.89 Å². The Bertz CT molecular complexity index is 981. The van der Waals surface area contributed by atoms with Crippen molar-refractivity contribution in [3.63, 3.8) is 0 Å². The summed E-state index contributed by atoms with van der Waals surface area (Å²) in [5.41, 5.74) is 12.4. The van der Waals surface area contributed by atoms with E-state index in [9.17, 15) is 5.11 Å². The van der Waals surface area contributed by atoms with Gasteiger partial charge in [0, 0.05) is 23.1 Å². The third-order valence-corrected chi connectivity index (χ3v) is 5.19. The number of hydrogen-bond donors (Lipinski definition) is 1. The number of oxazole rings is 1. The van der Waals surface area contributed by atoms with E-state index >= 15 is 0 Å². The number of aromatic hydroxyl groups is 1. The van der Waals surface area contributed by atoms with Crippen molar-refractivity contribution in [2.24, 2.45) is 0 Å². The Hall–Kier alpha value is -2.75. The summed E-state index contributed by atoms with van der Waals surface area (Å²) in [6, 6.07) is 11.5. The minimum Gasteiger partial charge on any atom is -0.507 e. The van der Waals surface area contributed by atoms with E-state index in [4.69, 9.17) is 15.1 Å². The first-order chi connectivity index (χ1) is 13.4. The summed E-state index contributed by atoms with van der Waals surface area (Å²) in [7, 11) is 0. The molecule has 0 unspecified atom stereocenters. The second kappa shape index (κ2) is 7.25. The molecule has 0 fully saturated rings. The highest BCUT2D eigenvalue weighted by Crippen LogP contribution is 2.42. The van der Waals surface area contributed by atoms with Crippen LogP contribution in [0.4, 0.5) is 5.69 Å². The highest BCUT2D eigenvalue weighted by atomic mass is 16.4. The molecule has 0 aliphatic heterocycles. The molecule has 4 nitrogen and oxygen atoms in total. The Kier molecular flexibility index (Phi) is 5.24. The summed E-state index contributed by atoms with van der Waals surface area (Å²) < 4.78 is 6.04. The zero-order chi connectivity index (χ0) is 21.6. The number of phenols is 1. The van der Waals surface area contributed by atoms with Crippen LogP contribution in [-0.2, 0) is 17.3 Å². The lowest BCUT2D eigenvalue weighted by Gasteiger charge is -2.27. The van der Waals surface area contributed by atoms with Crippen molar-refractivity contribution in [3.8, 4) is 17.2 Å². The normalized spacial score (nSPS) is 12.4. The first kappa shape index (κ1) is 21.0. The predicted molar refractivity (Wildman–Crippen MR) is 118 cm³/mol. The average Bonchev–Trinajstić information content (AvgIpc) is 2.95. The van der Waals surface area contributed by atoms with Gasteiger partial charge in [0.1, 0.15) is 11.5 Å². The van der Waals surface area contributed by atoms with Gasteiger partial charge in [-0.3, -0.25) is 0 Å². The quantitative estimate of drug-likeness (QED) is 0.557. The number of nitrogens with one attached hydrogen (secondary N) is 1. The molecule has 0 amide bonds. The molecule has 2 aromatic carbocycles. The summed E-state index contributed by atoms with van der Waals surface area (Å²) in [6.45, 7) is 14.5. The third-order valence-electron chi connectivity index (χ3n) is 5.19. The average molecular weight is 392 g/mol. The van der Waals surface area contributed by atoms with E-state index in [1.807, 2.05) is 31.2 Å². The van der Waals surface area contributed by atoms with Crippen LogP contribution in [-0.4, -0.2) is 10.1 Å². The highest BCUT2D eigenvalue weighted by molar-refractivity contribution is 5.63. The Morgan fingerprint density at radius 1 is 0.931 bits per heavy atom. The smallest absolute Gasteiger partial charge is 0.226 e. The molecule has 4 heteroatoms. The maximum Gasteiger partial charge on any atom is 0.226 e. The van der Waals surface area contributed by atoms with Gasteiger partial charge >= 0.3 is 0 Å². The molecular formula is C25H31N2O2. The van der Waals surface area contributed by atoms with Crippen LogP contribution in [0.25, 0.3) is 11.5 Å². The summed E-state index contributed by atoms with van der Waals surface area (Å²) in [5.74, 6) is 1.72. The lowest BCUT2D eigenvalue weighted by Crippen LogP contribution is -2.17. The molecule has 3 rings (SSSR count). The number of benzene rings is 2. The van der Waals surface area contributed by atoms with Crippen LogP contribution in [0.2, 0.25) is 0 Å². The van der Waals surface area contributed by atoms with E-state index in [1.165, 1.54) is 0 Å². The lowest BCUT2D eigenvalue weighted by atomic mass is 9.78. The van der Waals surface area contributed by atoms with Crippen molar-refractivity contribution >= 4 is 5.69 Å². The summed E-state index contributed by atoms with van der Waals surface area (Å²) in [6.07, 6.45) is 0.659. The molecular weight excluding hydrogens is 360 g/mol. The standard InChI is InChI=1S/C25H31N2O2/c1-15-21(12-16-8-10-18(26)11-9-16)27-23(29-15)17-13-19(24(2,3)4)22(28)20(14-17)25(5,6)7/h8-11,13-14,26,28H,12H2,1-7H3. The van der Waals surface area contributed by atoms with Gasteiger partial charge in [-0.2, -0.15) is 0 Å². The van der Waals surface area contributed by atoms with Crippen LogP contribution in [0.3, 0.4) is 0 Å². The Balaban J connectivity index is 2.08. The molecule has 1 aromatic heterocycles. The zero-order valence-corrected chi connectivity index (χ0v) is 18.5. The number of rotatable bonds is 3. The van der Waals surface area contributed by atoms with E-state index in [2.05, 4.69) is 41.5 Å². The maximum atomic E-state index is 10.9. The summed E-state index contributed by atoms with van der Waals surface area (Å²) in [4.78, 5) is 4.78. The van der Waals surface area contributed by atoms with Crippen LogP contribution in [0, 0.1) is 6.92 Å². The molecule has 1 heterocycles. The molecule has 153 valence electrons. The molecule has 0 bridgehead atoms. The van der Waals surface area contributed by atoms with E-state index in [1.54, 1.807) is 12.1 Å². The monoisotopic (exact) mass is 391 g/mol. The highest BCUT2D eigenvalue weighted by Gasteiger charge is 2.28. The number of aryl methyl sites for hydroxylation is 1. The Morgan fingerprint density at radius 2 is 1.45 bits per heavy atom. The van der Waals surface area contributed by atoms with E-state index < -0.39 is 0 Å². The van der Waals surface area contributed by atoms with Gasteiger partial charge in [0.25, 0.3) is 0 Å². The number of nitrogens with zero attached hydrogens (tertiary/aromatic N) is 1. The molecule has 0 aliphatic carbocycles. The van der Waals surface area contributed by atoms with E-state index in [0.29, 0.717) is 23.7 Å². The van der Waals surface area contributed by atoms with Crippen LogP contribution < -0.4 is 5.73 Å². The van der Waals surface area contributed by atoms with E-state index in [-0.39, 0.29) is 10.8 Å². The molecule has 2 N–H and O–H groups in total. The Labute approximate surface area is 173 Å². The van der Waals surface area contributed by atoms with Crippen molar-refractivity contribution in [2.75, 3.05) is 0 Å². The fourth-order valence-electron chi connectivity index (χ4n) is 3.43. The van der Waals surface area contributed by atoms with Crippen LogP contribution >= 0.6 is 0 Å². The topological polar surface area (TPSA) is 70.1 Å². The van der Waals surface area contributed by atoms with E-state index in [0.717, 1.165) is 33.7 Å². The van der Waals surface area contributed by atoms with Gasteiger partial charge in [0.05, 0.1) is 11.4 Å². The summed E-state index contributed by atoms with van der Waals surface area (Å²) in [5, 5.41) is 10.9. The van der Waals surface area contributed by atoms with Crippen molar-refractivity contribution in [2.45, 2.75) is 65.7 Å². The fraction of sp³-hybridized carbons (Fsp3) is 0.400. The van der Waals surface area contributed by atoms with Gasteiger partial charge in [-0.1, -0.05) is 53.7 Å². The molecule has 0 saturated carbocycles. The molecule has 3 aromatic rings. The van der Waals surface area contributed by atoms with Crippen molar-refractivity contribution in [3.05, 3.63) is 64.5 Å². The summed E-state index contributed by atoms with van der Waals surface area (Å²) >= 11 is 0. The Morgan fingerprint density at radius 3 is 1.93 bits per heavy atom. The largest absolute Gasteiger partial charge is 0.507 e. The molecule has 1 radical (unpaired) electrons. The minimum atomic E-state index is -0.206. The zero-order valence-electron chi connectivity index (χ0n) is 18.5.